The van der Waals surface area contributed by atoms with E-state index >= 15 is 0 Å². The van der Waals surface area contributed by atoms with E-state index in [2.05, 4.69) is 15.2 Å². The molecule has 0 fully saturated rings. The van der Waals surface area contributed by atoms with Crippen LogP contribution in [0.4, 0.5) is 0 Å². The summed E-state index contributed by atoms with van der Waals surface area (Å²) in [4.78, 5) is 18.7. The second-order valence-electron chi connectivity index (χ2n) is 6.01. The first-order valence-electron chi connectivity index (χ1n) is 7.83. The average Bonchev–Trinajstić information content (AvgIpc) is 2.92. The summed E-state index contributed by atoms with van der Waals surface area (Å²) in [5, 5.41) is 8.04. The number of H-pyrrole nitrogens is 1. The van der Waals surface area contributed by atoms with Crippen LogP contribution in [0.25, 0.3) is 10.9 Å². The highest BCUT2D eigenvalue weighted by molar-refractivity contribution is 5.85. The van der Waals surface area contributed by atoms with Gasteiger partial charge >= 0.3 is 0 Å². The van der Waals surface area contributed by atoms with Gasteiger partial charge in [0.05, 0.1) is 11.2 Å². The van der Waals surface area contributed by atoms with Gasteiger partial charge in [-0.2, -0.15) is 5.10 Å². The standard InChI is InChI=1S/C18H21N5O/c1-11-16(12(2)22-21-11)17(19)18(24)23(3)10-13-8-9-20-15-7-5-4-6-14(13)15/h4-9,17H,10,19H2,1-3H3,(H,21,22). The highest BCUT2D eigenvalue weighted by Gasteiger charge is 2.25. The van der Waals surface area contributed by atoms with Crippen LogP contribution in [0.5, 0.6) is 0 Å². The van der Waals surface area contributed by atoms with Crippen LogP contribution in [0.2, 0.25) is 0 Å². The minimum Gasteiger partial charge on any atom is -0.340 e. The molecule has 6 nitrogen and oxygen atoms in total. The third-order valence-corrected chi connectivity index (χ3v) is 4.29. The molecule has 3 N–H and O–H groups in total. The Morgan fingerprint density at radius 1 is 1.29 bits per heavy atom. The first kappa shape index (κ1) is 16.1. The van der Waals surface area contributed by atoms with Crippen LogP contribution in [-0.4, -0.2) is 33.0 Å². The van der Waals surface area contributed by atoms with E-state index in [0.717, 1.165) is 33.4 Å². The molecule has 2 heterocycles. The predicted octanol–water partition coefficient (Wildman–Crippen LogP) is 2.23. The molecule has 124 valence electrons. The van der Waals surface area contributed by atoms with E-state index in [1.165, 1.54) is 0 Å². The van der Waals surface area contributed by atoms with E-state index in [4.69, 9.17) is 5.73 Å². The summed E-state index contributed by atoms with van der Waals surface area (Å²) < 4.78 is 0. The Morgan fingerprint density at radius 3 is 2.75 bits per heavy atom. The molecule has 0 spiro atoms. The first-order chi connectivity index (χ1) is 11.5. The van der Waals surface area contributed by atoms with E-state index < -0.39 is 6.04 Å². The predicted molar refractivity (Wildman–Crippen MR) is 93.2 cm³/mol. The number of aryl methyl sites for hydroxylation is 2. The zero-order valence-corrected chi connectivity index (χ0v) is 14.1. The molecule has 1 unspecified atom stereocenters. The zero-order valence-electron chi connectivity index (χ0n) is 14.1. The minimum absolute atomic E-state index is 0.136. The molecule has 1 amide bonds. The van der Waals surface area contributed by atoms with Crippen molar-refractivity contribution in [2.24, 2.45) is 5.73 Å². The fraction of sp³-hybridized carbons (Fsp3) is 0.278. The Balaban J connectivity index is 1.84. The fourth-order valence-corrected chi connectivity index (χ4v) is 3.01. The summed E-state index contributed by atoms with van der Waals surface area (Å²) in [6.45, 7) is 4.20. The summed E-state index contributed by atoms with van der Waals surface area (Å²) in [5.74, 6) is -0.136. The molecule has 0 aliphatic carbocycles. The molecule has 0 radical (unpaired) electrons. The van der Waals surface area contributed by atoms with Crippen LogP contribution in [0.1, 0.15) is 28.6 Å². The molecule has 0 saturated carbocycles. The van der Waals surface area contributed by atoms with Crippen molar-refractivity contribution < 1.29 is 4.79 Å². The van der Waals surface area contributed by atoms with Gasteiger partial charge in [-0.25, -0.2) is 0 Å². The molecule has 3 rings (SSSR count). The number of fused-ring (bicyclic) bond motifs is 1. The number of nitrogens with one attached hydrogen (secondary N) is 1. The maximum Gasteiger partial charge on any atom is 0.244 e. The quantitative estimate of drug-likeness (QED) is 0.770. The van der Waals surface area contributed by atoms with Gasteiger partial charge in [0, 0.05) is 36.4 Å². The van der Waals surface area contributed by atoms with Gasteiger partial charge in [0.1, 0.15) is 6.04 Å². The number of benzene rings is 1. The number of aromatic nitrogens is 3. The molecule has 0 saturated heterocycles. The summed E-state index contributed by atoms with van der Waals surface area (Å²) in [6.07, 6.45) is 1.76. The van der Waals surface area contributed by atoms with E-state index in [0.29, 0.717) is 6.54 Å². The lowest BCUT2D eigenvalue weighted by Crippen LogP contribution is -2.36. The lowest BCUT2D eigenvalue weighted by Gasteiger charge is -2.22. The fourth-order valence-electron chi connectivity index (χ4n) is 3.01. The maximum atomic E-state index is 12.7. The van der Waals surface area contributed by atoms with Gasteiger partial charge in [-0.3, -0.25) is 14.9 Å². The third kappa shape index (κ3) is 2.88. The molecular formula is C18H21N5O. The minimum atomic E-state index is -0.721. The normalized spacial score (nSPS) is 12.3. The first-order valence-corrected chi connectivity index (χ1v) is 7.83. The smallest absolute Gasteiger partial charge is 0.244 e. The number of amides is 1. The van der Waals surface area contributed by atoms with Gasteiger partial charge < -0.3 is 10.6 Å². The van der Waals surface area contributed by atoms with Gasteiger partial charge in [-0.15, -0.1) is 0 Å². The molecule has 0 aliphatic rings. The van der Waals surface area contributed by atoms with Gasteiger partial charge in [0.15, 0.2) is 0 Å². The van der Waals surface area contributed by atoms with Crippen LogP contribution in [0, 0.1) is 13.8 Å². The lowest BCUT2D eigenvalue weighted by molar-refractivity contribution is -0.132. The van der Waals surface area contributed by atoms with E-state index in [1.54, 1.807) is 18.1 Å². The number of aromatic amines is 1. The number of para-hydroxylation sites is 1. The molecule has 24 heavy (non-hydrogen) atoms. The van der Waals surface area contributed by atoms with Crippen LogP contribution in [0.15, 0.2) is 36.5 Å². The summed E-state index contributed by atoms with van der Waals surface area (Å²) in [7, 11) is 1.77. The average molecular weight is 323 g/mol. The molecule has 0 aliphatic heterocycles. The van der Waals surface area contributed by atoms with E-state index in [1.807, 2.05) is 44.2 Å². The lowest BCUT2D eigenvalue weighted by atomic mass is 10.0. The van der Waals surface area contributed by atoms with E-state index in [9.17, 15) is 4.79 Å². The van der Waals surface area contributed by atoms with Crippen molar-refractivity contribution in [2.75, 3.05) is 7.05 Å². The zero-order chi connectivity index (χ0) is 17.3. The van der Waals surface area contributed by atoms with Crippen LogP contribution >= 0.6 is 0 Å². The molecule has 2 aromatic heterocycles. The number of pyridine rings is 1. The van der Waals surface area contributed by atoms with Gasteiger partial charge in [-0.05, 0) is 31.5 Å². The number of hydrogen-bond donors (Lipinski definition) is 2. The van der Waals surface area contributed by atoms with Crippen molar-refractivity contribution in [1.29, 1.82) is 0 Å². The number of nitrogens with two attached hydrogens (primary N) is 1. The number of hydrogen-bond acceptors (Lipinski definition) is 4. The monoisotopic (exact) mass is 323 g/mol. The molecule has 1 atom stereocenters. The SMILES string of the molecule is Cc1n[nH]c(C)c1C(N)C(=O)N(C)Cc1ccnc2ccccc12. The van der Waals surface area contributed by atoms with Crippen molar-refractivity contribution in [3.63, 3.8) is 0 Å². The van der Waals surface area contributed by atoms with Crippen molar-refractivity contribution in [1.82, 2.24) is 20.1 Å². The third-order valence-electron chi connectivity index (χ3n) is 4.29. The Hall–Kier alpha value is -2.73. The molecule has 6 heteroatoms. The van der Waals surface area contributed by atoms with Crippen LogP contribution < -0.4 is 5.73 Å². The number of carbonyl (C=O) groups excluding carboxylic acids is 1. The summed E-state index contributed by atoms with van der Waals surface area (Å²) in [6, 6.07) is 9.12. The topological polar surface area (TPSA) is 87.9 Å². The van der Waals surface area contributed by atoms with Crippen molar-refractivity contribution in [2.45, 2.75) is 26.4 Å². The summed E-state index contributed by atoms with van der Waals surface area (Å²) >= 11 is 0. The number of carbonyl (C=O) groups is 1. The van der Waals surface area contributed by atoms with Crippen molar-refractivity contribution in [3.05, 3.63) is 59.0 Å². The van der Waals surface area contributed by atoms with Gasteiger partial charge in [0.2, 0.25) is 5.91 Å². The number of likely N-dealkylation sites (N-methyl/N-ethyl adjacent to an activating group) is 1. The second kappa shape index (κ2) is 6.41. The Bertz CT molecular complexity index is 861. The van der Waals surface area contributed by atoms with Crippen LogP contribution in [-0.2, 0) is 11.3 Å². The molecule has 3 aromatic rings. The Kier molecular flexibility index (Phi) is 4.31. The molecule has 1 aromatic carbocycles. The largest absolute Gasteiger partial charge is 0.340 e. The molecular weight excluding hydrogens is 302 g/mol. The number of rotatable bonds is 4. The van der Waals surface area contributed by atoms with E-state index in [-0.39, 0.29) is 5.91 Å². The summed E-state index contributed by atoms with van der Waals surface area (Å²) in [5.41, 5.74) is 10.5. The Labute approximate surface area is 140 Å². The van der Waals surface area contributed by atoms with Gasteiger partial charge in [-0.1, -0.05) is 18.2 Å². The van der Waals surface area contributed by atoms with Gasteiger partial charge in [0.25, 0.3) is 0 Å². The number of nitrogens with zero attached hydrogens (tertiary/aromatic N) is 3. The van der Waals surface area contributed by atoms with Crippen molar-refractivity contribution >= 4 is 16.8 Å². The molecule has 0 bridgehead atoms. The maximum absolute atomic E-state index is 12.7. The second-order valence-corrected chi connectivity index (χ2v) is 6.01. The van der Waals surface area contributed by atoms with Crippen molar-refractivity contribution in [3.8, 4) is 0 Å². The highest BCUT2D eigenvalue weighted by atomic mass is 16.2. The Morgan fingerprint density at radius 2 is 2.04 bits per heavy atom. The highest BCUT2D eigenvalue weighted by Crippen LogP contribution is 2.22. The van der Waals surface area contributed by atoms with Crippen LogP contribution in [0.3, 0.4) is 0 Å².